The van der Waals surface area contributed by atoms with Crippen LogP contribution in [0.5, 0.6) is 0 Å². The summed E-state index contributed by atoms with van der Waals surface area (Å²) in [7, 11) is -3.82. The van der Waals surface area contributed by atoms with Gasteiger partial charge in [-0.25, -0.2) is 8.42 Å². The fourth-order valence-corrected chi connectivity index (χ4v) is 14.1. The van der Waals surface area contributed by atoms with Gasteiger partial charge in [0.1, 0.15) is 0 Å². The van der Waals surface area contributed by atoms with Crippen LogP contribution in [0.25, 0.3) is 0 Å². The van der Waals surface area contributed by atoms with Crippen LogP contribution in [0.15, 0.2) is 12.7 Å². The van der Waals surface area contributed by atoms with E-state index in [4.69, 9.17) is 0 Å². The Morgan fingerprint density at radius 2 is 1.52 bits per heavy atom. The predicted molar refractivity (Wildman–Crippen MR) is 224 cm³/mol. The van der Waals surface area contributed by atoms with Crippen LogP contribution in [-0.2, 0) is 34.0 Å². The number of carbonyl (C=O) groups excluding carboxylic acids is 5. The summed E-state index contributed by atoms with van der Waals surface area (Å²) in [5, 5.41) is 2.70. The molecule has 324 valence electrons. The number of carbonyl (C=O) groups is 5. The monoisotopic (exact) mass is 825 g/mol. The van der Waals surface area contributed by atoms with Gasteiger partial charge in [-0.1, -0.05) is 72.8 Å². The molecule has 2 N–H and O–H groups in total. The number of sulfonamides is 1. The van der Waals surface area contributed by atoms with Crippen molar-refractivity contribution < 1.29 is 32.4 Å². The number of ketones is 2. The molecule has 2 spiro atoms. The summed E-state index contributed by atoms with van der Waals surface area (Å²) >= 11 is 0. The number of hydrogen-bond acceptors (Lipinski definition) is 8. The molecule has 5 saturated carbocycles. The van der Waals surface area contributed by atoms with Gasteiger partial charge >= 0.3 is 0 Å². The Labute approximate surface area is 348 Å². The Hall–Kier alpha value is -2.60. The molecule has 2 aliphatic heterocycles. The van der Waals surface area contributed by atoms with Crippen LogP contribution in [-0.4, -0.2) is 90.0 Å². The molecule has 7 rings (SSSR count). The van der Waals surface area contributed by atoms with E-state index in [0.717, 1.165) is 77.2 Å². The molecule has 7 atom stereocenters. The molecule has 0 unspecified atom stereocenters. The van der Waals surface area contributed by atoms with Crippen molar-refractivity contribution in [1.82, 2.24) is 19.8 Å². The van der Waals surface area contributed by atoms with E-state index in [2.05, 4.69) is 49.2 Å². The van der Waals surface area contributed by atoms with Crippen LogP contribution in [0.2, 0.25) is 0 Å². The normalized spacial score (nSPS) is 33.0. The van der Waals surface area contributed by atoms with Crippen LogP contribution >= 0.6 is 0 Å². The summed E-state index contributed by atoms with van der Waals surface area (Å²) in [5.41, 5.74) is -2.16. The molecule has 0 radical (unpaired) electrons. The number of rotatable bonds is 15. The second-order valence-electron chi connectivity index (χ2n) is 21.7. The van der Waals surface area contributed by atoms with Gasteiger partial charge in [0.15, 0.2) is 11.6 Å². The number of nitrogens with zero attached hydrogens (tertiary/aromatic N) is 2. The van der Waals surface area contributed by atoms with Crippen molar-refractivity contribution in [3.63, 3.8) is 0 Å². The smallest absolute Gasteiger partial charge is 0.240 e. The zero-order valence-electron chi connectivity index (χ0n) is 36.5. The third-order valence-electron chi connectivity index (χ3n) is 17.0. The van der Waals surface area contributed by atoms with Crippen molar-refractivity contribution in [3.05, 3.63) is 12.7 Å². The standard InChI is InChI=1S/C46H72N4O7S/c1-9-31-25-44(31,41(55)48-58(56,57)32-19-20-32)27-37(52)35-26-46(43(7,8)45(46)21-15-22-45)28-50(35)40(54)33(42(4,5)6)24-36(51)38(30-16-11-10-12-17-30)47-39(53)34-18-13-14-23-49(34)29(2)3/h9,29-35,38H,1,10-28H2,2-8H3,(H,47,53)(H,48,55)/t31-,33-,34+,35+,38+,44-,46-/m1/s1. The van der Waals surface area contributed by atoms with E-state index in [1.807, 2.05) is 20.8 Å². The lowest BCUT2D eigenvalue weighted by Crippen LogP contribution is -2.57. The summed E-state index contributed by atoms with van der Waals surface area (Å²) in [6.45, 7) is 19.9. The van der Waals surface area contributed by atoms with E-state index in [1.54, 1.807) is 11.0 Å². The molecule has 7 fully saturated rings. The first kappa shape index (κ1) is 43.5. The number of allylic oxidation sites excluding steroid dienone is 1. The van der Waals surface area contributed by atoms with Crippen LogP contribution < -0.4 is 10.0 Å². The summed E-state index contributed by atoms with van der Waals surface area (Å²) in [5.74, 6) is -2.36. The van der Waals surface area contributed by atoms with Crippen molar-refractivity contribution in [2.24, 2.45) is 44.8 Å². The van der Waals surface area contributed by atoms with Crippen molar-refractivity contribution in [2.45, 2.75) is 187 Å². The Morgan fingerprint density at radius 1 is 0.862 bits per heavy atom. The van der Waals surface area contributed by atoms with E-state index in [0.29, 0.717) is 32.2 Å². The minimum atomic E-state index is -3.82. The maximum atomic E-state index is 15.3. The number of amides is 3. The van der Waals surface area contributed by atoms with Crippen molar-refractivity contribution in [1.29, 1.82) is 0 Å². The Morgan fingerprint density at radius 3 is 2.05 bits per heavy atom. The Kier molecular flexibility index (Phi) is 11.5. The number of piperidine rings is 1. The van der Waals surface area contributed by atoms with Crippen molar-refractivity contribution in [2.75, 3.05) is 13.1 Å². The molecular weight excluding hydrogens is 753 g/mol. The van der Waals surface area contributed by atoms with Gasteiger partial charge in [0, 0.05) is 36.8 Å². The first-order valence-corrected chi connectivity index (χ1v) is 24.3. The summed E-state index contributed by atoms with van der Waals surface area (Å²) in [4.78, 5) is 76.8. The Balaban J connectivity index is 1.15. The summed E-state index contributed by atoms with van der Waals surface area (Å²) in [6, 6.07) is -1.54. The molecule has 0 aromatic carbocycles. The molecule has 7 aliphatic rings. The van der Waals surface area contributed by atoms with E-state index >= 15 is 4.79 Å². The SMILES string of the molecule is C=C[C@@H]1C[C@]1(CC(=O)[C@@H]1C[C@@]2(CN1C(=O)[C@@H](CC(=O)[C@@H](NC(=O)[C@@H]1CCCCN1C(C)C)C1CCCCC1)C(C)(C)C)C(C)(C)C21CCC1)C(=O)NS(=O)(=O)C1CC1. The van der Waals surface area contributed by atoms with E-state index in [9.17, 15) is 27.6 Å². The first-order chi connectivity index (χ1) is 27.2. The average Bonchev–Trinajstić information content (AvgIpc) is 4.10. The lowest BCUT2D eigenvalue weighted by Gasteiger charge is -2.40. The molecule has 2 heterocycles. The zero-order chi connectivity index (χ0) is 42.2. The molecule has 0 bridgehead atoms. The molecule has 11 nitrogen and oxygen atoms in total. The molecule has 12 heteroatoms. The second-order valence-corrected chi connectivity index (χ2v) is 23.6. The van der Waals surface area contributed by atoms with Crippen LogP contribution in [0.3, 0.4) is 0 Å². The quantitative estimate of drug-likeness (QED) is 0.178. The second kappa shape index (κ2) is 15.4. The highest BCUT2D eigenvalue weighted by Crippen LogP contribution is 2.88. The number of Topliss-reactive ketones (excluding diaryl/α,β-unsaturated/α-hetero) is 2. The van der Waals surface area contributed by atoms with Gasteiger partial charge in [0.05, 0.1) is 28.8 Å². The minimum absolute atomic E-state index is 0.00884. The third-order valence-corrected chi connectivity index (χ3v) is 18.9. The summed E-state index contributed by atoms with van der Waals surface area (Å²) < 4.78 is 28.1. The molecule has 2 saturated heterocycles. The van der Waals surface area contributed by atoms with Gasteiger partial charge in [-0.15, -0.1) is 6.58 Å². The van der Waals surface area contributed by atoms with Crippen molar-refractivity contribution >= 4 is 39.3 Å². The minimum Gasteiger partial charge on any atom is -0.345 e. The van der Waals surface area contributed by atoms with E-state index < -0.39 is 50.0 Å². The average molecular weight is 825 g/mol. The van der Waals surface area contributed by atoms with Crippen LogP contribution in [0.4, 0.5) is 0 Å². The lowest BCUT2D eigenvalue weighted by atomic mass is 9.73. The van der Waals surface area contributed by atoms with Crippen molar-refractivity contribution in [3.8, 4) is 0 Å². The van der Waals surface area contributed by atoms with E-state index in [-0.39, 0.29) is 76.4 Å². The molecular formula is C46H72N4O7S. The van der Waals surface area contributed by atoms with E-state index in [1.165, 1.54) is 0 Å². The van der Waals surface area contributed by atoms with Gasteiger partial charge in [-0.2, -0.15) is 0 Å². The van der Waals surface area contributed by atoms with Gasteiger partial charge < -0.3 is 10.2 Å². The highest BCUT2D eigenvalue weighted by Gasteiger charge is 2.85. The number of hydrogen-bond donors (Lipinski definition) is 2. The molecule has 3 amide bonds. The fraction of sp³-hybridized carbons (Fsp3) is 0.848. The largest absolute Gasteiger partial charge is 0.345 e. The molecule has 0 aromatic heterocycles. The van der Waals surface area contributed by atoms with Crippen LogP contribution in [0, 0.1) is 44.8 Å². The predicted octanol–water partition coefficient (Wildman–Crippen LogP) is 6.49. The molecule has 58 heavy (non-hydrogen) atoms. The fourth-order valence-electron chi connectivity index (χ4n) is 12.7. The summed E-state index contributed by atoms with van der Waals surface area (Å²) in [6.07, 6.45) is 14.1. The van der Waals surface area contributed by atoms with Gasteiger partial charge in [-0.05, 0) is 113 Å². The number of likely N-dealkylation sites (tertiary alicyclic amines) is 2. The molecule has 0 aromatic rings. The Bertz CT molecular complexity index is 1790. The first-order valence-electron chi connectivity index (χ1n) is 22.8. The van der Waals surface area contributed by atoms with Crippen LogP contribution in [0.1, 0.15) is 158 Å². The zero-order valence-corrected chi connectivity index (χ0v) is 37.3. The third kappa shape index (κ3) is 7.33. The highest BCUT2D eigenvalue weighted by atomic mass is 32.2. The number of fused-ring (bicyclic) bond motifs is 1. The number of nitrogens with one attached hydrogen (secondary N) is 2. The van der Waals surface area contributed by atoms with Gasteiger partial charge in [0.2, 0.25) is 27.7 Å². The van der Waals surface area contributed by atoms with Gasteiger partial charge in [-0.3, -0.25) is 33.6 Å². The maximum Gasteiger partial charge on any atom is 0.240 e. The van der Waals surface area contributed by atoms with Gasteiger partial charge in [0.25, 0.3) is 0 Å². The topological polar surface area (TPSA) is 150 Å². The molecule has 5 aliphatic carbocycles. The maximum absolute atomic E-state index is 15.3. The highest BCUT2D eigenvalue weighted by molar-refractivity contribution is 7.90. The lowest BCUT2D eigenvalue weighted by molar-refractivity contribution is -0.147.